The molecule has 0 atom stereocenters. The molecule has 1 heterocycles. The fourth-order valence-electron chi connectivity index (χ4n) is 2.28. The molecule has 1 aromatic rings. The van der Waals surface area contributed by atoms with Crippen molar-refractivity contribution >= 4 is 17.3 Å². The van der Waals surface area contributed by atoms with Gasteiger partial charge in [-0.05, 0) is 31.6 Å². The van der Waals surface area contributed by atoms with Crippen molar-refractivity contribution in [1.82, 2.24) is 9.97 Å². The zero-order valence-corrected chi connectivity index (χ0v) is 10.3. The van der Waals surface area contributed by atoms with E-state index in [1.165, 1.54) is 6.33 Å². The van der Waals surface area contributed by atoms with Crippen LogP contribution in [0.2, 0.25) is 0 Å². The van der Waals surface area contributed by atoms with E-state index in [0.29, 0.717) is 0 Å². The van der Waals surface area contributed by atoms with Crippen molar-refractivity contribution in [2.24, 2.45) is 5.92 Å². The molecule has 0 amide bonds. The van der Waals surface area contributed by atoms with Crippen LogP contribution in [-0.4, -0.2) is 20.9 Å². The topological polar surface area (TPSA) is 107 Å². The summed E-state index contributed by atoms with van der Waals surface area (Å²) in [5, 5.41) is 14.1. The molecule has 7 heteroatoms. The van der Waals surface area contributed by atoms with Gasteiger partial charge < -0.3 is 11.1 Å². The number of nitrogen functional groups attached to an aromatic ring is 1. The van der Waals surface area contributed by atoms with Crippen molar-refractivity contribution in [3.05, 3.63) is 16.4 Å². The summed E-state index contributed by atoms with van der Waals surface area (Å²) in [6, 6.07) is 0.231. The van der Waals surface area contributed by atoms with E-state index in [0.717, 1.165) is 31.6 Å². The van der Waals surface area contributed by atoms with Crippen LogP contribution >= 0.6 is 0 Å². The van der Waals surface area contributed by atoms with Gasteiger partial charge in [-0.3, -0.25) is 10.1 Å². The molecule has 1 fully saturated rings. The van der Waals surface area contributed by atoms with E-state index < -0.39 is 4.92 Å². The maximum Gasteiger partial charge on any atom is 0.352 e. The Morgan fingerprint density at radius 3 is 2.67 bits per heavy atom. The van der Waals surface area contributed by atoms with Gasteiger partial charge in [0.25, 0.3) is 0 Å². The first-order valence-electron chi connectivity index (χ1n) is 6.09. The van der Waals surface area contributed by atoms with Gasteiger partial charge in [-0.15, -0.1) is 0 Å². The number of nitrogens with one attached hydrogen (secondary N) is 1. The number of nitrogens with two attached hydrogens (primary N) is 1. The quantitative estimate of drug-likeness (QED) is 0.628. The molecule has 1 aliphatic rings. The molecule has 7 nitrogen and oxygen atoms in total. The monoisotopic (exact) mass is 251 g/mol. The molecule has 1 saturated carbocycles. The second-order valence-electron chi connectivity index (χ2n) is 4.81. The summed E-state index contributed by atoms with van der Waals surface area (Å²) in [7, 11) is 0. The van der Waals surface area contributed by atoms with E-state index in [9.17, 15) is 10.1 Å². The van der Waals surface area contributed by atoms with E-state index in [-0.39, 0.29) is 23.4 Å². The van der Waals surface area contributed by atoms with Gasteiger partial charge >= 0.3 is 5.69 Å². The third-order valence-corrected chi connectivity index (χ3v) is 3.39. The Morgan fingerprint density at radius 2 is 2.06 bits per heavy atom. The van der Waals surface area contributed by atoms with Crippen molar-refractivity contribution in [2.45, 2.75) is 38.6 Å². The lowest BCUT2D eigenvalue weighted by atomic mass is 9.87. The maximum atomic E-state index is 10.9. The van der Waals surface area contributed by atoms with Gasteiger partial charge in [-0.25, -0.2) is 9.97 Å². The molecule has 0 bridgehead atoms. The molecule has 3 N–H and O–H groups in total. The fourth-order valence-corrected chi connectivity index (χ4v) is 2.28. The Hall–Kier alpha value is -1.92. The Kier molecular flexibility index (Phi) is 3.59. The summed E-state index contributed by atoms with van der Waals surface area (Å²) in [5.74, 6) is 0.863. The van der Waals surface area contributed by atoms with Gasteiger partial charge in [0.05, 0.1) is 4.92 Å². The molecule has 0 aromatic carbocycles. The Morgan fingerprint density at radius 1 is 1.39 bits per heavy atom. The van der Waals surface area contributed by atoms with Crippen molar-refractivity contribution in [3.8, 4) is 0 Å². The van der Waals surface area contributed by atoms with Crippen LogP contribution in [0.25, 0.3) is 0 Å². The summed E-state index contributed by atoms with van der Waals surface area (Å²) in [6.45, 7) is 2.22. The van der Waals surface area contributed by atoms with Crippen molar-refractivity contribution < 1.29 is 4.92 Å². The standard InChI is InChI=1S/C11H17N5O2/c1-7-2-4-8(5-3-7)15-11-9(16(17)18)10(12)13-6-14-11/h6-8H,2-5H2,1H3,(H3,12,13,14,15). The molecule has 0 saturated heterocycles. The number of aromatic nitrogens is 2. The lowest BCUT2D eigenvalue weighted by Crippen LogP contribution is -2.26. The number of nitro groups is 1. The number of rotatable bonds is 3. The predicted octanol–water partition coefficient (Wildman–Crippen LogP) is 1.96. The van der Waals surface area contributed by atoms with E-state index in [1.807, 2.05) is 0 Å². The van der Waals surface area contributed by atoms with Gasteiger partial charge in [-0.2, -0.15) is 0 Å². The molecule has 0 radical (unpaired) electrons. The van der Waals surface area contributed by atoms with Crippen molar-refractivity contribution in [1.29, 1.82) is 0 Å². The lowest BCUT2D eigenvalue weighted by molar-refractivity contribution is -0.383. The first-order chi connectivity index (χ1) is 8.58. The van der Waals surface area contributed by atoms with Gasteiger partial charge in [0.15, 0.2) is 0 Å². The summed E-state index contributed by atoms with van der Waals surface area (Å²) >= 11 is 0. The molecule has 0 aliphatic heterocycles. The van der Waals surface area contributed by atoms with E-state index >= 15 is 0 Å². The largest absolute Gasteiger partial charge is 0.378 e. The smallest absolute Gasteiger partial charge is 0.352 e. The van der Waals surface area contributed by atoms with E-state index in [2.05, 4.69) is 22.2 Å². The Balaban J connectivity index is 2.14. The number of hydrogen-bond acceptors (Lipinski definition) is 6. The van der Waals surface area contributed by atoms with Crippen LogP contribution in [0.4, 0.5) is 17.3 Å². The molecule has 0 unspecified atom stereocenters. The number of anilines is 2. The number of nitrogens with zero attached hydrogens (tertiary/aromatic N) is 3. The molecular weight excluding hydrogens is 234 g/mol. The minimum Gasteiger partial charge on any atom is -0.378 e. The fraction of sp³-hybridized carbons (Fsp3) is 0.636. The Labute approximate surface area is 105 Å². The SMILES string of the molecule is CC1CCC(Nc2ncnc(N)c2[N+](=O)[O-])CC1. The van der Waals surface area contributed by atoms with E-state index in [4.69, 9.17) is 5.73 Å². The lowest BCUT2D eigenvalue weighted by Gasteiger charge is -2.27. The summed E-state index contributed by atoms with van der Waals surface area (Å²) in [5.41, 5.74) is 5.29. The zero-order valence-electron chi connectivity index (χ0n) is 10.3. The molecule has 2 rings (SSSR count). The van der Waals surface area contributed by atoms with E-state index in [1.54, 1.807) is 0 Å². The normalized spacial score (nSPS) is 23.6. The highest BCUT2D eigenvalue weighted by Gasteiger charge is 2.25. The molecule has 18 heavy (non-hydrogen) atoms. The van der Waals surface area contributed by atoms with Crippen LogP contribution in [0, 0.1) is 16.0 Å². The zero-order chi connectivity index (χ0) is 13.1. The van der Waals surface area contributed by atoms with Gasteiger partial charge in [0.2, 0.25) is 11.6 Å². The van der Waals surface area contributed by atoms with Crippen LogP contribution in [0.3, 0.4) is 0 Å². The minimum absolute atomic E-state index is 0.0957. The summed E-state index contributed by atoms with van der Waals surface area (Å²) in [4.78, 5) is 18.0. The van der Waals surface area contributed by atoms with Crippen LogP contribution in [0.5, 0.6) is 0 Å². The average Bonchev–Trinajstić information content (AvgIpc) is 2.32. The predicted molar refractivity (Wildman–Crippen MR) is 68.1 cm³/mol. The van der Waals surface area contributed by atoms with Gasteiger partial charge in [0.1, 0.15) is 6.33 Å². The van der Waals surface area contributed by atoms with Crippen LogP contribution < -0.4 is 11.1 Å². The van der Waals surface area contributed by atoms with Gasteiger partial charge in [0, 0.05) is 6.04 Å². The minimum atomic E-state index is -0.539. The molecule has 0 spiro atoms. The Bertz CT molecular complexity index is 443. The molecule has 1 aromatic heterocycles. The van der Waals surface area contributed by atoms with Gasteiger partial charge in [-0.1, -0.05) is 6.92 Å². The highest BCUT2D eigenvalue weighted by Crippen LogP contribution is 2.30. The third-order valence-electron chi connectivity index (χ3n) is 3.39. The third kappa shape index (κ3) is 2.66. The van der Waals surface area contributed by atoms with Crippen LogP contribution in [-0.2, 0) is 0 Å². The maximum absolute atomic E-state index is 10.9. The first-order valence-corrected chi connectivity index (χ1v) is 6.09. The molecular formula is C11H17N5O2. The molecule has 98 valence electrons. The van der Waals surface area contributed by atoms with Crippen LogP contribution in [0.1, 0.15) is 32.6 Å². The summed E-state index contributed by atoms with van der Waals surface area (Å²) < 4.78 is 0. The molecule has 1 aliphatic carbocycles. The average molecular weight is 251 g/mol. The first kappa shape index (κ1) is 12.5. The van der Waals surface area contributed by atoms with Crippen molar-refractivity contribution in [2.75, 3.05) is 11.1 Å². The highest BCUT2D eigenvalue weighted by atomic mass is 16.6. The van der Waals surface area contributed by atoms with Crippen molar-refractivity contribution in [3.63, 3.8) is 0 Å². The number of hydrogen-bond donors (Lipinski definition) is 2. The summed E-state index contributed by atoms with van der Waals surface area (Å²) in [6.07, 6.45) is 5.51. The second-order valence-corrected chi connectivity index (χ2v) is 4.81. The highest BCUT2D eigenvalue weighted by molar-refractivity contribution is 5.67. The second kappa shape index (κ2) is 5.16. The van der Waals surface area contributed by atoms with Crippen LogP contribution in [0.15, 0.2) is 6.33 Å².